The Labute approximate surface area is 133 Å². The van der Waals surface area contributed by atoms with Crippen molar-refractivity contribution in [2.75, 3.05) is 0 Å². The fraction of sp³-hybridized carbons (Fsp3) is 0.176. The molecule has 6 heteroatoms. The van der Waals surface area contributed by atoms with Crippen LogP contribution in [0, 0.1) is 0 Å². The zero-order valence-corrected chi connectivity index (χ0v) is 12.7. The van der Waals surface area contributed by atoms with Gasteiger partial charge in [-0.15, -0.1) is 0 Å². The zero-order valence-electron chi connectivity index (χ0n) is 12.7. The van der Waals surface area contributed by atoms with Crippen LogP contribution < -0.4 is 0 Å². The summed E-state index contributed by atoms with van der Waals surface area (Å²) in [6.07, 6.45) is 7.87. The molecular formula is C17H16N4O2. The number of aryl methyl sites for hydroxylation is 1. The number of hydrogen-bond donors (Lipinski definition) is 1. The number of aromatic nitrogens is 4. The van der Waals surface area contributed by atoms with Crippen molar-refractivity contribution < 1.29 is 9.90 Å². The summed E-state index contributed by atoms with van der Waals surface area (Å²) in [6.45, 7) is 0. The molecule has 1 aromatic carbocycles. The van der Waals surface area contributed by atoms with E-state index < -0.39 is 5.97 Å². The summed E-state index contributed by atoms with van der Waals surface area (Å²) in [5, 5.41) is 8.78. The largest absolute Gasteiger partial charge is 0.481 e. The molecule has 1 N–H and O–H groups in total. The molecule has 0 fully saturated rings. The molecule has 0 spiro atoms. The van der Waals surface area contributed by atoms with Crippen LogP contribution in [0.25, 0.3) is 11.1 Å². The molecule has 3 aromatic rings. The molecule has 0 atom stereocenters. The van der Waals surface area contributed by atoms with E-state index in [4.69, 9.17) is 5.11 Å². The lowest BCUT2D eigenvalue weighted by atomic mass is 10.1. The zero-order chi connectivity index (χ0) is 16.2. The predicted octanol–water partition coefficient (Wildman–Crippen LogP) is 2.09. The second-order valence-corrected chi connectivity index (χ2v) is 5.36. The summed E-state index contributed by atoms with van der Waals surface area (Å²) in [5.41, 5.74) is 3.56. The van der Waals surface area contributed by atoms with E-state index in [2.05, 4.69) is 15.0 Å². The van der Waals surface area contributed by atoms with E-state index in [1.54, 1.807) is 18.7 Å². The molecule has 0 bridgehead atoms. The Morgan fingerprint density at radius 2 is 1.78 bits per heavy atom. The number of benzene rings is 1. The van der Waals surface area contributed by atoms with Crippen molar-refractivity contribution in [1.29, 1.82) is 0 Å². The van der Waals surface area contributed by atoms with E-state index in [-0.39, 0.29) is 6.42 Å². The van der Waals surface area contributed by atoms with Crippen LogP contribution in [0.2, 0.25) is 0 Å². The first-order chi connectivity index (χ1) is 11.1. The topological polar surface area (TPSA) is 80.9 Å². The third-order valence-corrected chi connectivity index (χ3v) is 3.45. The Morgan fingerprint density at radius 1 is 1.09 bits per heavy atom. The smallest absolute Gasteiger partial charge is 0.307 e. The molecule has 0 aliphatic carbocycles. The molecule has 116 valence electrons. The first-order valence-electron chi connectivity index (χ1n) is 7.19. The molecule has 0 aliphatic rings. The quantitative estimate of drug-likeness (QED) is 0.780. The summed E-state index contributed by atoms with van der Waals surface area (Å²) in [7, 11) is 1.93. The summed E-state index contributed by atoms with van der Waals surface area (Å²) in [5.74, 6) is -0.116. The average molecular weight is 308 g/mol. The van der Waals surface area contributed by atoms with Crippen molar-refractivity contribution in [2.45, 2.75) is 12.8 Å². The molecule has 0 saturated heterocycles. The van der Waals surface area contributed by atoms with Crippen LogP contribution in [0.5, 0.6) is 0 Å². The second-order valence-electron chi connectivity index (χ2n) is 5.36. The highest BCUT2D eigenvalue weighted by atomic mass is 16.4. The minimum absolute atomic E-state index is 0.0276. The van der Waals surface area contributed by atoms with Crippen LogP contribution >= 0.6 is 0 Å². The monoisotopic (exact) mass is 308 g/mol. The highest BCUT2D eigenvalue weighted by molar-refractivity contribution is 5.71. The highest BCUT2D eigenvalue weighted by Gasteiger charge is 2.05. The first-order valence-corrected chi connectivity index (χ1v) is 7.19. The number of carbonyl (C=O) groups is 1. The van der Waals surface area contributed by atoms with Crippen molar-refractivity contribution >= 4 is 5.97 Å². The SMILES string of the molecule is Cn1cnc(Cc2ncc(-c3ccc(CC(=O)O)cc3)cn2)c1. The van der Waals surface area contributed by atoms with Crippen LogP contribution in [0.1, 0.15) is 17.1 Å². The van der Waals surface area contributed by atoms with Gasteiger partial charge in [-0.3, -0.25) is 4.79 Å². The Bertz CT molecular complexity index is 807. The summed E-state index contributed by atoms with van der Waals surface area (Å²) in [6, 6.07) is 7.39. The molecular weight excluding hydrogens is 292 g/mol. The molecule has 0 saturated carbocycles. The number of hydrogen-bond acceptors (Lipinski definition) is 4. The Kier molecular flexibility index (Phi) is 4.14. The molecule has 2 aromatic heterocycles. The number of aliphatic carboxylic acids is 1. The van der Waals surface area contributed by atoms with Gasteiger partial charge in [0.2, 0.25) is 0 Å². The number of nitrogens with zero attached hydrogens (tertiary/aromatic N) is 4. The van der Waals surface area contributed by atoms with Gasteiger partial charge in [-0.2, -0.15) is 0 Å². The lowest BCUT2D eigenvalue weighted by Crippen LogP contribution is -1.99. The van der Waals surface area contributed by atoms with Gasteiger partial charge in [0, 0.05) is 31.2 Å². The molecule has 0 amide bonds. The van der Waals surface area contributed by atoms with Gasteiger partial charge in [0.15, 0.2) is 0 Å². The number of imidazole rings is 1. The fourth-order valence-electron chi connectivity index (χ4n) is 2.31. The maximum Gasteiger partial charge on any atom is 0.307 e. The van der Waals surface area contributed by atoms with Crippen LogP contribution in [-0.4, -0.2) is 30.6 Å². The van der Waals surface area contributed by atoms with E-state index in [1.807, 2.05) is 42.1 Å². The number of carboxylic acid groups (broad SMARTS) is 1. The van der Waals surface area contributed by atoms with Gasteiger partial charge in [0.1, 0.15) is 5.82 Å². The van der Waals surface area contributed by atoms with Gasteiger partial charge in [0.05, 0.1) is 24.9 Å². The molecule has 6 nitrogen and oxygen atoms in total. The second kappa shape index (κ2) is 6.39. The summed E-state index contributed by atoms with van der Waals surface area (Å²) < 4.78 is 1.89. The molecule has 0 radical (unpaired) electrons. The maximum atomic E-state index is 10.7. The van der Waals surface area contributed by atoms with Crippen molar-refractivity contribution in [1.82, 2.24) is 19.5 Å². The molecule has 0 unspecified atom stereocenters. The lowest BCUT2D eigenvalue weighted by molar-refractivity contribution is -0.136. The van der Waals surface area contributed by atoms with Gasteiger partial charge in [0.25, 0.3) is 0 Å². The third-order valence-electron chi connectivity index (χ3n) is 3.45. The van der Waals surface area contributed by atoms with Gasteiger partial charge in [-0.05, 0) is 11.1 Å². The van der Waals surface area contributed by atoms with E-state index in [1.165, 1.54) is 0 Å². The van der Waals surface area contributed by atoms with Gasteiger partial charge in [-0.1, -0.05) is 24.3 Å². The van der Waals surface area contributed by atoms with E-state index in [9.17, 15) is 4.79 Å². The van der Waals surface area contributed by atoms with Gasteiger partial charge >= 0.3 is 5.97 Å². The predicted molar refractivity (Wildman–Crippen MR) is 84.8 cm³/mol. The molecule has 2 heterocycles. The molecule has 3 rings (SSSR count). The normalized spacial score (nSPS) is 10.7. The average Bonchev–Trinajstić information content (AvgIpc) is 2.93. The first kappa shape index (κ1) is 14.9. The summed E-state index contributed by atoms with van der Waals surface area (Å²) in [4.78, 5) is 23.7. The van der Waals surface area contributed by atoms with Crippen molar-refractivity contribution in [2.24, 2.45) is 7.05 Å². The van der Waals surface area contributed by atoms with Crippen LogP contribution in [-0.2, 0) is 24.7 Å². The van der Waals surface area contributed by atoms with Crippen LogP contribution in [0.3, 0.4) is 0 Å². The lowest BCUT2D eigenvalue weighted by Gasteiger charge is -2.04. The van der Waals surface area contributed by atoms with E-state index >= 15 is 0 Å². The van der Waals surface area contributed by atoms with Crippen molar-refractivity contribution in [3.05, 3.63) is 66.3 Å². The third kappa shape index (κ3) is 3.79. The fourth-order valence-corrected chi connectivity index (χ4v) is 2.31. The van der Waals surface area contributed by atoms with Crippen LogP contribution in [0.15, 0.2) is 49.2 Å². The molecule has 0 aliphatic heterocycles. The Morgan fingerprint density at radius 3 is 2.35 bits per heavy atom. The Balaban J connectivity index is 1.72. The van der Waals surface area contributed by atoms with E-state index in [0.717, 1.165) is 28.2 Å². The van der Waals surface area contributed by atoms with Crippen molar-refractivity contribution in [3.8, 4) is 11.1 Å². The van der Waals surface area contributed by atoms with Crippen molar-refractivity contribution in [3.63, 3.8) is 0 Å². The minimum atomic E-state index is -0.833. The van der Waals surface area contributed by atoms with Gasteiger partial charge < -0.3 is 9.67 Å². The minimum Gasteiger partial charge on any atom is -0.481 e. The van der Waals surface area contributed by atoms with Gasteiger partial charge in [-0.25, -0.2) is 15.0 Å². The number of rotatable bonds is 5. The summed E-state index contributed by atoms with van der Waals surface area (Å²) >= 11 is 0. The Hall–Kier alpha value is -3.02. The maximum absolute atomic E-state index is 10.7. The standard InChI is InChI=1S/C17H16N4O2/c1-21-10-15(20-11-21)7-16-18-8-14(9-19-16)13-4-2-12(3-5-13)6-17(22)23/h2-5,8-11H,6-7H2,1H3,(H,22,23). The van der Waals surface area contributed by atoms with Crippen LogP contribution in [0.4, 0.5) is 0 Å². The van der Waals surface area contributed by atoms with E-state index in [0.29, 0.717) is 6.42 Å². The number of carboxylic acids is 1. The highest BCUT2D eigenvalue weighted by Crippen LogP contribution is 2.18. The molecule has 23 heavy (non-hydrogen) atoms.